The molecule has 0 aliphatic carbocycles. The molecule has 0 radical (unpaired) electrons. The van der Waals surface area contributed by atoms with Crippen LogP contribution in [0.15, 0.2) is 24.3 Å². The minimum Gasteiger partial charge on any atom is -0.494 e. The van der Waals surface area contributed by atoms with Crippen LogP contribution in [0.4, 0.5) is 0 Å². The van der Waals surface area contributed by atoms with Crippen LogP contribution in [-0.2, 0) is 6.42 Å². The molecule has 1 N–H and O–H groups in total. The Morgan fingerprint density at radius 1 is 0.778 bits per heavy atom. The SMILES string of the molecule is CCCCCCCCCCCCCCOc1ccc(CC(=N)N(C)C)cc1. The number of nitrogens with one attached hydrogen (secondary N) is 1. The summed E-state index contributed by atoms with van der Waals surface area (Å²) in [6.45, 7) is 3.09. The van der Waals surface area contributed by atoms with Crippen LogP contribution in [-0.4, -0.2) is 31.4 Å². The number of hydrogen-bond donors (Lipinski definition) is 1. The van der Waals surface area contributed by atoms with Crippen LogP contribution in [0.1, 0.15) is 89.5 Å². The molecule has 154 valence electrons. The molecule has 0 saturated carbocycles. The van der Waals surface area contributed by atoms with Crippen LogP contribution >= 0.6 is 0 Å². The van der Waals surface area contributed by atoms with Gasteiger partial charge in [0, 0.05) is 20.5 Å². The van der Waals surface area contributed by atoms with Crippen molar-refractivity contribution in [1.29, 1.82) is 5.41 Å². The number of benzene rings is 1. The van der Waals surface area contributed by atoms with E-state index in [1.165, 1.54) is 70.6 Å². The van der Waals surface area contributed by atoms with Gasteiger partial charge in [0.1, 0.15) is 5.75 Å². The van der Waals surface area contributed by atoms with Crippen LogP contribution < -0.4 is 4.74 Å². The van der Waals surface area contributed by atoms with Crippen LogP contribution in [0, 0.1) is 5.41 Å². The molecule has 0 atom stereocenters. The van der Waals surface area contributed by atoms with Crippen LogP contribution in [0.5, 0.6) is 5.75 Å². The molecular formula is C24H42N2O. The highest BCUT2D eigenvalue weighted by Gasteiger charge is 2.02. The Balaban J connectivity index is 1.95. The Kier molecular flexibility index (Phi) is 13.5. The predicted octanol–water partition coefficient (Wildman–Crippen LogP) is 6.85. The van der Waals surface area contributed by atoms with E-state index in [0.717, 1.165) is 24.3 Å². The van der Waals surface area contributed by atoms with Gasteiger partial charge in [-0.15, -0.1) is 0 Å². The van der Waals surface area contributed by atoms with Crippen molar-refractivity contribution in [2.75, 3.05) is 20.7 Å². The third-order valence-electron chi connectivity index (χ3n) is 5.10. The number of rotatable bonds is 16. The zero-order chi connectivity index (χ0) is 19.7. The fourth-order valence-corrected chi connectivity index (χ4v) is 3.19. The molecule has 0 fully saturated rings. The lowest BCUT2D eigenvalue weighted by molar-refractivity contribution is 0.304. The van der Waals surface area contributed by atoms with E-state index in [9.17, 15) is 0 Å². The summed E-state index contributed by atoms with van der Waals surface area (Å²) in [5.41, 5.74) is 1.16. The number of ether oxygens (including phenoxy) is 1. The molecule has 0 unspecified atom stereocenters. The average molecular weight is 375 g/mol. The summed E-state index contributed by atoms with van der Waals surface area (Å²) in [6, 6.07) is 8.18. The average Bonchev–Trinajstić information content (AvgIpc) is 2.66. The first-order chi connectivity index (χ1) is 13.1. The van der Waals surface area contributed by atoms with Crippen LogP contribution in [0.2, 0.25) is 0 Å². The molecule has 0 aromatic heterocycles. The van der Waals surface area contributed by atoms with Gasteiger partial charge < -0.3 is 9.64 Å². The minimum atomic E-state index is 0.625. The molecule has 1 rings (SSSR count). The number of hydrogen-bond acceptors (Lipinski definition) is 2. The van der Waals surface area contributed by atoms with E-state index < -0.39 is 0 Å². The van der Waals surface area contributed by atoms with Crippen LogP contribution in [0.25, 0.3) is 0 Å². The van der Waals surface area contributed by atoms with Crippen molar-refractivity contribution in [3.8, 4) is 5.75 Å². The lowest BCUT2D eigenvalue weighted by atomic mass is 10.1. The zero-order valence-corrected chi connectivity index (χ0v) is 18.1. The molecule has 0 aliphatic heterocycles. The van der Waals surface area contributed by atoms with E-state index in [1.54, 1.807) is 0 Å². The number of likely N-dealkylation sites (N-methyl/N-ethyl adjacent to an activating group) is 1. The highest BCUT2D eigenvalue weighted by Crippen LogP contribution is 2.15. The lowest BCUT2D eigenvalue weighted by Gasteiger charge is -2.13. The van der Waals surface area contributed by atoms with Gasteiger partial charge >= 0.3 is 0 Å². The van der Waals surface area contributed by atoms with Gasteiger partial charge in [0.2, 0.25) is 0 Å². The smallest absolute Gasteiger partial charge is 0.119 e. The van der Waals surface area contributed by atoms with Gasteiger partial charge in [-0.25, -0.2) is 0 Å². The fraction of sp³-hybridized carbons (Fsp3) is 0.708. The zero-order valence-electron chi connectivity index (χ0n) is 18.1. The molecule has 27 heavy (non-hydrogen) atoms. The normalized spacial score (nSPS) is 10.8. The molecule has 1 aromatic rings. The van der Waals surface area contributed by atoms with Gasteiger partial charge in [-0.05, 0) is 24.1 Å². The maximum atomic E-state index is 7.89. The third kappa shape index (κ3) is 12.5. The second kappa shape index (κ2) is 15.5. The fourth-order valence-electron chi connectivity index (χ4n) is 3.19. The third-order valence-corrected chi connectivity index (χ3v) is 5.10. The highest BCUT2D eigenvalue weighted by molar-refractivity contribution is 5.80. The Morgan fingerprint density at radius 3 is 1.74 bits per heavy atom. The standard InChI is InChI=1S/C24H42N2O/c1-4-5-6-7-8-9-10-11-12-13-14-15-20-27-23-18-16-22(17-19-23)21-24(25)26(2)3/h16-19,25H,4-15,20-21H2,1-3H3. The molecule has 1 aromatic carbocycles. The van der Waals surface area contributed by atoms with E-state index in [0.29, 0.717) is 12.3 Å². The van der Waals surface area contributed by atoms with Crippen molar-refractivity contribution in [3.63, 3.8) is 0 Å². The minimum absolute atomic E-state index is 0.625. The maximum absolute atomic E-state index is 7.89. The van der Waals surface area contributed by atoms with Gasteiger partial charge in [-0.1, -0.05) is 89.7 Å². The van der Waals surface area contributed by atoms with Gasteiger partial charge in [-0.3, -0.25) is 5.41 Å². The van der Waals surface area contributed by atoms with Gasteiger partial charge in [0.05, 0.1) is 12.4 Å². The Hall–Kier alpha value is -1.51. The first-order valence-electron chi connectivity index (χ1n) is 11.1. The second-order valence-corrected chi connectivity index (χ2v) is 7.90. The van der Waals surface area contributed by atoms with Crippen molar-refractivity contribution in [2.45, 2.75) is 90.4 Å². The largest absolute Gasteiger partial charge is 0.494 e. The predicted molar refractivity (Wildman–Crippen MR) is 118 cm³/mol. The molecule has 0 bridgehead atoms. The summed E-state index contributed by atoms with van der Waals surface area (Å²) in [5.74, 6) is 1.57. The van der Waals surface area contributed by atoms with Crippen molar-refractivity contribution in [3.05, 3.63) is 29.8 Å². The highest BCUT2D eigenvalue weighted by atomic mass is 16.5. The topological polar surface area (TPSA) is 36.3 Å². The molecule has 0 amide bonds. The number of amidine groups is 1. The summed E-state index contributed by atoms with van der Waals surface area (Å²) in [7, 11) is 3.82. The summed E-state index contributed by atoms with van der Waals surface area (Å²) in [4.78, 5) is 1.85. The first kappa shape index (κ1) is 23.5. The molecular weight excluding hydrogens is 332 g/mol. The number of nitrogens with zero attached hydrogens (tertiary/aromatic N) is 1. The molecule has 3 heteroatoms. The Bertz CT molecular complexity index is 482. The van der Waals surface area contributed by atoms with Crippen molar-refractivity contribution in [1.82, 2.24) is 4.90 Å². The Morgan fingerprint density at radius 2 is 1.26 bits per heavy atom. The molecule has 3 nitrogen and oxygen atoms in total. The van der Waals surface area contributed by atoms with E-state index in [4.69, 9.17) is 10.1 Å². The maximum Gasteiger partial charge on any atom is 0.119 e. The number of unbranched alkanes of at least 4 members (excludes halogenated alkanes) is 11. The van der Waals surface area contributed by atoms with Gasteiger partial charge in [-0.2, -0.15) is 0 Å². The molecule has 0 aliphatic rings. The summed E-state index contributed by atoms with van der Waals surface area (Å²) < 4.78 is 5.84. The summed E-state index contributed by atoms with van der Waals surface area (Å²) >= 11 is 0. The van der Waals surface area contributed by atoms with Crippen molar-refractivity contribution >= 4 is 5.84 Å². The molecule has 0 saturated heterocycles. The van der Waals surface area contributed by atoms with Gasteiger partial charge in [0.15, 0.2) is 0 Å². The molecule has 0 heterocycles. The first-order valence-corrected chi connectivity index (χ1v) is 11.1. The quantitative estimate of drug-likeness (QED) is 0.195. The van der Waals surface area contributed by atoms with E-state index in [-0.39, 0.29) is 0 Å². The van der Waals surface area contributed by atoms with E-state index >= 15 is 0 Å². The Labute approximate surface area is 168 Å². The lowest BCUT2D eigenvalue weighted by Crippen LogP contribution is -2.22. The second-order valence-electron chi connectivity index (χ2n) is 7.90. The van der Waals surface area contributed by atoms with E-state index in [1.807, 2.05) is 31.1 Å². The summed E-state index contributed by atoms with van der Waals surface area (Å²) in [5, 5.41) is 7.89. The van der Waals surface area contributed by atoms with Crippen LogP contribution in [0.3, 0.4) is 0 Å². The molecule has 0 spiro atoms. The van der Waals surface area contributed by atoms with Gasteiger partial charge in [0.25, 0.3) is 0 Å². The van der Waals surface area contributed by atoms with Crippen molar-refractivity contribution in [2.24, 2.45) is 0 Å². The van der Waals surface area contributed by atoms with E-state index in [2.05, 4.69) is 19.1 Å². The monoisotopic (exact) mass is 374 g/mol. The van der Waals surface area contributed by atoms with Crippen molar-refractivity contribution < 1.29 is 4.74 Å². The summed E-state index contributed by atoms with van der Waals surface area (Å²) in [6.07, 6.45) is 17.1.